The van der Waals surface area contributed by atoms with Crippen LogP contribution in [0.15, 0.2) is 38.7 Å². The van der Waals surface area contributed by atoms with Gasteiger partial charge in [-0.25, -0.2) is 5.01 Å². The zero-order chi connectivity index (χ0) is 16.3. The molecule has 0 fully saturated rings. The van der Waals surface area contributed by atoms with Crippen LogP contribution in [0, 0.1) is 5.92 Å². The van der Waals surface area contributed by atoms with Crippen LogP contribution in [0.2, 0.25) is 5.02 Å². The van der Waals surface area contributed by atoms with Gasteiger partial charge in [0.15, 0.2) is 0 Å². The van der Waals surface area contributed by atoms with E-state index < -0.39 is 10.0 Å². The first-order chi connectivity index (χ1) is 10.3. The average Bonchev–Trinajstić information content (AvgIpc) is 2.93. The fraction of sp³-hybridized carbons (Fsp3) is 0.429. The Labute approximate surface area is 136 Å². The lowest BCUT2D eigenvalue weighted by Crippen LogP contribution is -2.37. The van der Waals surface area contributed by atoms with Crippen LogP contribution in [-0.4, -0.2) is 51.1 Å². The first kappa shape index (κ1) is 16.8. The van der Waals surface area contributed by atoms with Gasteiger partial charge in [0, 0.05) is 31.3 Å². The number of halogens is 1. The first-order valence-corrected chi connectivity index (χ1v) is 8.75. The summed E-state index contributed by atoms with van der Waals surface area (Å²) in [7, 11) is -0.368. The predicted octanol–water partition coefficient (Wildman–Crippen LogP) is 2.27. The molecule has 1 unspecified atom stereocenters. The van der Waals surface area contributed by atoms with Crippen molar-refractivity contribution >= 4 is 33.8 Å². The minimum absolute atomic E-state index is 0.0644. The quantitative estimate of drug-likeness (QED) is 0.624. The molecular weight excluding hydrogens is 324 g/mol. The highest BCUT2D eigenvalue weighted by Crippen LogP contribution is 2.19. The summed E-state index contributed by atoms with van der Waals surface area (Å²) < 4.78 is 28.8. The molecule has 1 heterocycles. The van der Waals surface area contributed by atoms with Gasteiger partial charge in [0.1, 0.15) is 0 Å². The van der Waals surface area contributed by atoms with Crippen LogP contribution in [0.25, 0.3) is 0 Å². The molecular formula is C14H19ClN4O2S. The summed E-state index contributed by atoms with van der Waals surface area (Å²) in [6, 6.07) is 6.06. The van der Waals surface area contributed by atoms with Crippen molar-refractivity contribution < 1.29 is 8.42 Å². The smallest absolute Gasteiger partial charge is 0.285 e. The van der Waals surface area contributed by atoms with Crippen LogP contribution in [0.1, 0.15) is 13.3 Å². The van der Waals surface area contributed by atoms with Gasteiger partial charge in [0.05, 0.1) is 11.4 Å². The average molecular weight is 343 g/mol. The number of sulfonamides is 1. The van der Waals surface area contributed by atoms with Crippen LogP contribution >= 0.6 is 11.6 Å². The molecule has 0 radical (unpaired) electrons. The van der Waals surface area contributed by atoms with Gasteiger partial charge < -0.3 is 4.90 Å². The second kappa shape index (κ2) is 6.66. The molecule has 0 saturated carbocycles. The van der Waals surface area contributed by atoms with E-state index in [-0.39, 0.29) is 10.9 Å². The van der Waals surface area contributed by atoms with Gasteiger partial charge in [0.2, 0.25) is 5.96 Å². The van der Waals surface area contributed by atoms with Gasteiger partial charge in [-0.15, -0.1) is 4.40 Å². The Bertz CT molecular complexity index is 701. The van der Waals surface area contributed by atoms with Crippen LogP contribution in [0.3, 0.4) is 0 Å². The summed E-state index contributed by atoms with van der Waals surface area (Å²) in [5.74, 6) is 0.589. The number of hydrazone groups is 1. The van der Waals surface area contributed by atoms with Crippen molar-refractivity contribution in [1.29, 1.82) is 0 Å². The van der Waals surface area contributed by atoms with Gasteiger partial charge >= 0.3 is 0 Å². The van der Waals surface area contributed by atoms with Crippen LogP contribution < -0.4 is 0 Å². The maximum absolute atomic E-state index is 12.5. The standard InChI is InChI=1S/C14H19ClN4O2S/c1-4-11-9-16-19(10-11)14(18(2)3)17-22(20,21)13-7-5-6-12(15)8-13/h5-9,11H,4,10H2,1-3H3/b17-14+. The SMILES string of the molecule is CCC1C=NN(/C(=N/S(=O)(=O)c2cccc(Cl)c2)N(C)C)C1. The molecule has 1 aliphatic heterocycles. The van der Waals surface area contributed by atoms with Gasteiger partial charge in [-0.1, -0.05) is 24.6 Å². The Kier molecular flexibility index (Phi) is 5.08. The number of nitrogens with zero attached hydrogens (tertiary/aromatic N) is 4. The highest BCUT2D eigenvalue weighted by Gasteiger charge is 2.25. The molecule has 120 valence electrons. The monoisotopic (exact) mass is 342 g/mol. The fourth-order valence-electron chi connectivity index (χ4n) is 2.01. The van der Waals surface area contributed by atoms with Crippen LogP contribution in [0.4, 0.5) is 0 Å². The summed E-state index contributed by atoms with van der Waals surface area (Å²) >= 11 is 5.86. The second-order valence-electron chi connectivity index (χ2n) is 5.23. The number of hydrogen-bond acceptors (Lipinski definition) is 3. The molecule has 22 heavy (non-hydrogen) atoms. The third kappa shape index (κ3) is 3.78. The van der Waals surface area contributed by atoms with E-state index >= 15 is 0 Å². The summed E-state index contributed by atoms with van der Waals surface area (Å²) in [4.78, 5) is 1.70. The first-order valence-electron chi connectivity index (χ1n) is 6.93. The zero-order valence-electron chi connectivity index (χ0n) is 12.8. The Morgan fingerprint density at radius 1 is 1.50 bits per heavy atom. The predicted molar refractivity (Wildman–Crippen MR) is 88.7 cm³/mol. The van der Waals surface area contributed by atoms with E-state index in [2.05, 4.69) is 16.4 Å². The lowest BCUT2D eigenvalue weighted by Gasteiger charge is -2.23. The molecule has 1 atom stereocenters. The van der Waals surface area contributed by atoms with Crippen LogP contribution in [0.5, 0.6) is 0 Å². The molecule has 0 aliphatic carbocycles. The topological polar surface area (TPSA) is 65.3 Å². The highest BCUT2D eigenvalue weighted by atomic mass is 35.5. The summed E-state index contributed by atoms with van der Waals surface area (Å²) in [6.45, 7) is 2.69. The second-order valence-corrected chi connectivity index (χ2v) is 7.27. The number of rotatable bonds is 3. The van der Waals surface area contributed by atoms with E-state index in [0.29, 0.717) is 17.5 Å². The molecule has 1 aromatic rings. The van der Waals surface area contributed by atoms with Crippen molar-refractivity contribution in [3.05, 3.63) is 29.3 Å². The lowest BCUT2D eigenvalue weighted by atomic mass is 10.1. The molecule has 0 bridgehead atoms. The van der Waals surface area contributed by atoms with E-state index in [4.69, 9.17) is 11.6 Å². The van der Waals surface area contributed by atoms with Crippen molar-refractivity contribution in [1.82, 2.24) is 9.91 Å². The Balaban J connectivity index is 2.36. The molecule has 6 nitrogen and oxygen atoms in total. The summed E-state index contributed by atoms with van der Waals surface area (Å²) in [5, 5.41) is 6.21. The highest BCUT2D eigenvalue weighted by molar-refractivity contribution is 7.90. The molecule has 0 amide bonds. The minimum atomic E-state index is -3.84. The molecule has 0 aromatic heterocycles. The van der Waals surface area contributed by atoms with Gasteiger partial charge in [-0.2, -0.15) is 13.5 Å². The van der Waals surface area contributed by atoms with Crippen molar-refractivity contribution in [2.24, 2.45) is 15.4 Å². The van der Waals surface area contributed by atoms with Crippen molar-refractivity contribution in [2.45, 2.75) is 18.2 Å². The fourth-order valence-corrected chi connectivity index (χ4v) is 3.37. The molecule has 1 aliphatic rings. The van der Waals surface area contributed by atoms with E-state index in [0.717, 1.165) is 6.42 Å². The molecule has 2 rings (SSSR count). The molecule has 1 aromatic carbocycles. The largest absolute Gasteiger partial charge is 0.347 e. The van der Waals surface area contributed by atoms with E-state index in [1.54, 1.807) is 36.1 Å². The lowest BCUT2D eigenvalue weighted by molar-refractivity contribution is 0.384. The van der Waals surface area contributed by atoms with Crippen molar-refractivity contribution in [2.75, 3.05) is 20.6 Å². The van der Waals surface area contributed by atoms with Crippen molar-refractivity contribution in [3.8, 4) is 0 Å². The van der Waals surface area contributed by atoms with Gasteiger partial charge in [-0.3, -0.25) is 0 Å². The maximum atomic E-state index is 12.5. The van der Waals surface area contributed by atoms with Gasteiger partial charge in [0.25, 0.3) is 10.0 Å². The molecule has 0 saturated heterocycles. The molecule has 8 heteroatoms. The number of benzene rings is 1. The normalized spacial score (nSPS) is 18.8. The summed E-state index contributed by atoms with van der Waals surface area (Å²) in [5.41, 5.74) is 0. The maximum Gasteiger partial charge on any atom is 0.285 e. The zero-order valence-corrected chi connectivity index (χ0v) is 14.3. The third-order valence-corrected chi connectivity index (χ3v) is 4.76. The van der Waals surface area contributed by atoms with Gasteiger partial charge in [-0.05, 0) is 24.6 Å². The van der Waals surface area contributed by atoms with Crippen LogP contribution in [-0.2, 0) is 10.0 Å². The van der Waals surface area contributed by atoms with E-state index in [9.17, 15) is 8.42 Å². The number of guanidine groups is 1. The molecule has 0 spiro atoms. The summed E-state index contributed by atoms with van der Waals surface area (Å²) in [6.07, 6.45) is 2.77. The Hall–Kier alpha value is -1.60. The number of hydrogen-bond donors (Lipinski definition) is 0. The third-order valence-electron chi connectivity index (χ3n) is 3.28. The Morgan fingerprint density at radius 3 is 2.77 bits per heavy atom. The minimum Gasteiger partial charge on any atom is -0.347 e. The van der Waals surface area contributed by atoms with E-state index in [1.165, 1.54) is 12.1 Å². The molecule has 0 N–H and O–H groups in total. The van der Waals surface area contributed by atoms with Crippen molar-refractivity contribution in [3.63, 3.8) is 0 Å². The Morgan fingerprint density at radius 2 is 2.23 bits per heavy atom. The van der Waals surface area contributed by atoms with E-state index in [1.807, 2.05) is 6.21 Å².